The highest BCUT2D eigenvalue weighted by Gasteiger charge is 2.15. The molecule has 0 spiro atoms. The smallest absolute Gasteiger partial charge is 0.294 e. The second-order valence-corrected chi connectivity index (χ2v) is 7.14. The standard InChI is InChI=1S/C19H16BrN3O2/c1-23(10-12-6-8-13(20)9-7-12)11-16-21-17-14-4-2-3-5-15(14)25-18(17)19(24)22-16/h2-9H,10-11H2,1H3,(H,21,22,24)/p+1. The lowest BCUT2D eigenvalue weighted by molar-refractivity contribution is -0.908. The number of para-hydroxylation sites is 1. The maximum atomic E-state index is 12.3. The second-order valence-electron chi connectivity index (χ2n) is 6.23. The molecule has 4 aromatic rings. The summed E-state index contributed by atoms with van der Waals surface area (Å²) in [6.07, 6.45) is 0. The Labute approximate surface area is 152 Å². The Hall–Kier alpha value is -2.44. The molecule has 0 saturated carbocycles. The molecule has 25 heavy (non-hydrogen) atoms. The van der Waals surface area contributed by atoms with Crippen LogP contribution in [0.3, 0.4) is 0 Å². The number of furan rings is 1. The summed E-state index contributed by atoms with van der Waals surface area (Å²) in [7, 11) is 2.08. The van der Waals surface area contributed by atoms with E-state index in [1.54, 1.807) is 0 Å². The topological polar surface area (TPSA) is 63.3 Å². The number of rotatable bonds is 4. The van der Waals surface area contributed by atoms with Crippen molar-refractivity contribution in [2.75, 3.05) is 7.05 Å². The van der Waals surface area contributed by atoms with Gasteiger partial charge >= 0.3 is 0 Å². The summed E-state index contributed by atoms with van der Waals surface area (Å²) in [5, 5.41) is 0.871. The molecule has 2 aromatic carbocycles. The van der Waals surface area contributed by atoms with Crippen LogP contribution in [-0.2, 0) is 13.1 Å². The molecule has 2 heterocycles. The van der Waals surface area contributed by atoms with Crippen molar-refractivity contribution in [1.82, 2.24) is 9.97 Å². The van der Waals surface area contributed by atoms with Crippen LogP contribution in [0.1, 0.15) is 11.4 Å². The summed E-state index contributed by atoms with van der Waals surface area (Å²) in [5.41, 5.74) is 2.61. The van der Waals surface area contributed by atoms with Gasteiger partial charge in [0.15, 0.2) is 5.82 Å². The minimum absolute atomic E-state index is 0.229. The lowest BCUT2D eigenvalue weighted by Crippen LogP contribution is -3.06. The van der Waals surface area contributed by atoms with Gasteiger partial charge in [-0.3, -0.25) is 4.79 Å². The Morgan fingerprint density at radius 2 is 1.88 bits per heavy atom. The number of aromatic nitrogens is 2. The Kier molecular flexibility index (Phi) is 4.15. The molecule has 0 saturated heterocycles. The third-order valence-corrected chi connectivity index (χ3v) is 4.70. The monoisotopic (exact) mass is 398 g/mol. The number of hydrogen-bond acceptors (Lipinski definition) is 3. The predicted octanol–water partition coefficient (Wildman–Crippen LogP) is 2.65. The average Bonchev–Trinajstić information content (AvgIpc) is 2.96. The van der Waals surface area contributed by atoms with Crippen molar-refractivity contribution in [1.29, 1.82) is 0 Å². The Balaban J connectivity index is 1.63. The Bertz CT molecular complexity index is 1100. The van der Waals surface area contributed by atoms with Crippen molar-refractivity contribution in [2.45, 2.75) is 13.1 Å². The van der Waals surface area contributed by atoms with Crippen LogP contribution in [-0.4, -0.2) is 17.0 Å². The highest BCUT2D eigenvalue weighted by molar-refractivity contribution is 9.10. The molecule has 0 radical (unpaired) electrons. The molecule has 2 aromatic heterocycles. The normalized spacial score (nSPS) is 12.7. The van der Waals surface area contributed by atoms with Gasteiger partial charge in [-0.15, -0.1) is 0 Å². The van der Waals surface area contributed by atoms with Gasteiger partial charge in [0, 0.05) is 15.4 Å². The largest absolute Gasteiger partial charge is 0.449 e. The van der Waals surface area contributed by atoms with Crippen LogP contribution in [0.2, 0.25) is 0 Å². The average molecular weight is 399 g/mol. The molecule has 0 amide bonds. The molecule has 5 nitrogen and oxygen atoms in total. The Morgan fingerprint density at radius 3 is 2.68 bits per heavy atom. The van der Waals surface area contributed by atoms with Gasteiger partial charge in [0.1, 0.15) is 24.2 Å². The number of halogens is 1. The molecule has 1 unspecified atom stereocenters. The van der Waals surface area contributed by atoms with E-state index in [1.807, 2.05) is 36.4 Å². The molecule has 1 atom stereocenters. The molecule has 126 valence electrons. The number of H-pyrrole nitrogens is 1. The van der Waals surface area contributed by atoms with E-state index < -0.39 is 0 Å². The lowest BCUT2D eigenvalue weighted by Gasteiger charge is -2.13. The highest BCUT2D eigenvalue weighted by atomic mass is 79.9. The van der Waals surface area contributed by atoms with E-state index in [-0.39, 0.29) is 11.1 Å². The third-order valence-electron chi connectivity index (χ3n) is 4.17. The summed E-state index contributed by atoms with van der Waals surface area (Å²) >= 11 is 3.45. The minimum Gasteiger partial charge on any atom is -0.449 e. The molecule has 0 fully saturated rings. The SMILES string of the molecule is C[NH+](Cc1ccc(Br)cc1)Cc1nc2c(oc3ccccc32)c(=O)[nH]1. The van der Waals surface area contributed by atoms with Gasteiger partial charge in [0.2, 0.25) is 5.58 Å². The maximum absolute atomic E-state index is 12.3. The highest BCUT2D eigenvalue weighted by Crippen LogP contribution is 2.24. The fraction of sp³-hybridized carbons (Fsp3) is 0.158. The van der Waals surface area contributed by atoms with E-state index in [2.05, 4.69) is 45.1 Å². The summed E-state index contributed by atoms with van der Waals surface area (Å²) in [5.74, 6) is 0.665. The van der Waals surface area contributed by atoms with Crippen LogP contribution in [0.25, 0.3) is 22.1 Å². The van der Waals surface area contributed by atoms with E-state index in [1.165, 1.54) is 10.5 Å². The zero-order valence-electron chi connectivity index (χ0n) is 13.7. The van der Waals surface area contributed by atoms with Crippen LogP contribution < -0.4 is 10.5 Å². The van der Waals surface area contributed by atoms with E-state index in [4.69, 9.17) is 4.42 Å². The zero-order valence-corrected chi connectivity index (χ0v) is 15.3. The van der Waals surface area contributed by atoms with Crippen molar-refractivity contribution >= 4 is 38.0 Å². The van der Waals surface area contributed by atoms with Crippen molar-refractivity contribution in [3.63, 3.8) is 0 Å². The summed E-state index contributed by atoms with van der Waals surface area (Å²) in [6, 6.07) is 15.8. The van der Waals surface area contributed by atoms with E-state index in [0.717, 1.165) is 16.4 Å². The van der Waals surface area contributed by atoms with Crippen LogP contribution >= 0.6 is 15.9 Å². The molecule has 0 aliphatic heterocycles. The van der Waals surface area contributed by atoms with Crippen LogP contribution in [0.15, 0.2) is 62.2 Å². The van der Waals surface area contributed by atoms with Gasteiger partial charge in [-0.2, -0.15) is 0 Å². The number of aromatic amines is 1. The van der Waals surface area contributed by atoms with Gasteiger partial charge in [0.05, 0.1) is 7.05 Å². The number of fused-ring (bicyclic) bond motifs is 3. The molecule has 6 heteroatoms. The fourth-order valence-corrected chi connectivity index (χ4v) is 3.29. The number of hydrogen-bond donors (Lipinski definition) is 2. The first-order valence-electron chi connectivity index (χ1n) is 8.06. The molecule has 0 aliphatic rings. The number of quaternary nitrogens is 1. The molecule has 4 rings (SSSR count). The number of nitrogens with one attached hydrogen (secondary N) is 2. The third kappa shape index (κ3) is 3.23. The lowest BCUT2D eigenvalue weighted by atomic mass is 10.2. The molecule has 0 aliphatic carbocycles. The van der Waals surface area contributed by atoms with Crippen molar-refractivity contribution in [3.8, 4) is 0 Å². The summed E-state index contributed by atoms with van der Waals surface area (Å²) in [6.45, 7) is 1.47. The van der Waals surface area contributed by atoms with Crippen LogP contribution in [0.4, 0.5) is 0 Å². The first kappa shape index (κ1) is 16.1. The van der Waals surface area contributed by atoms with Crippen LogP contribution in [0.5, 0.6) is 0 Å². The maximum Gasteiger partial charge on any atom is 0.294 e. The molecular weight excluding hydrogens is 382 g/mol. The molecule has 0 bridgehead atoms. The van der Waals surface area contributed by atoms with Crippen molar-refractivity contribution in [3.05, 3.63) is 74.7 Å². The first-order valence-corrected chi connectivity index (χ1v) is 8.85. The van der Waals surface area contributed by atoms with E-state index in [9.17, 15) is 4.79 Å². The van der Waals surface area contributed by atoms with Crippen molar-refractivity contribution < 1.29 is 9.32 Å². The number of benzene rings is 2. The van der Waals surface area contributed by atoms with E-state index in [0.29, 0.717) is 23.5 Å². The zero-order chi connectivity index (χ0) is 17.4. The Morgan fingerprint density at radius 1 is 1.12 bits per heavy atom. The number of nitrogens with zero attached hydrogens (tertiary/aromatic N) is 1. The first-order chi connectivity index (χ1) is 12.1. The van der Waals surface area contributed by atoms with Gasteiger partial charge in [-0.25, -0.2) is 4.98 Å². The van der Waals surface area contributed by atoms with Crippen LogP contribution in [0, 0.1) is 0 Å². The van der Waals surface area contributed by atoms with E-state index >= 15 is 0 Å². The quantitative estimate of drug-likeness (QED) is 0.555. The van der Waals surface area contributed by atoms with Gasteiger partial charge in [0.25, 0.3) is 5.56 Å². The van der Waals surface area contributed by atoms with Gasteiger partial charge in [-0.05, 0) is 24.3 Å². The second kappa shape index (κ2) is 6.46. The summed E-state index contributed by atoms with van der Waals surface area (Å²) < 4.78 is 6.70. The minimum atomic E-state index is -0.229. The summed E-state index contributed by atoms with van der Waals surface area (Å²) in [4.78, 5) is 21.1. The van der Waals surface area contributed by atoms with Crippen molar-refractivity contribution in [2.24, 2.45) is 0 Å². The molecule has 2 N–H and O–H groups in total. The predicted molar refractivity (Wildman–Crippen MR) is 101 cm³/mol. The molecular formula is C19H17BrN3O2+. The van der Waals surface area contributed by atoms with Gasteiger partial charge in [-0.1, -0.05) is 40.2 Å². The van der Waals surface area contributed by atoms with Gasteiger partial charge < -0.3 is 14.3 Å². The fourth-order valence-electron chi connectivity index (χ4n) is 3.03.